The van der Waals surface area contributed by atoms with Gasteiger partial charge in [-0.3, -0.25) is 24.0 Å². The van der Waals surface area contributed by atoms with Crippen LogP contribution in [0.5, 0.6) is 0 Å². The maximum atomic E-state index is 13.3. The SMILES string of the molecule is CC1=C(C(=O)OCc2ccccc2)C(c2ccc([N+](=O)[O-])cc2)c2c(n(C)c(=O)n(C)c2=O)N1. The normalized spacial score (nSPS) is 14.9. The number of nitrogens with zero attached hydrogens (tertiary/aromatic N) is 3. The van der Waals surface area contributed by atoms with Crippen LogP contribution in [-0.4, -0.2) is 20.0 Å². The fourth-order valence-corrected chi connectivity index (χ4v) is 4.08. The van der Waals surface area contributed by atoms with E-state index in [0.717, 1.165) is 10.1 Å². The minimum Gasteiger partial charge on any atom is -0.457 e. The minimum absolute atomic E-state index is 0.0293. The van der Waals surface area contributed by atoms with E-state index < -0.39 is 28.1 Å². The molecule has 2 aromatic carbocycles. The molecule has 1 N–H and O–H groups in total. The summed E-state index contributed by atoms with van der Waals surface area (Å²) < 4.78 is 7.83. The molecule has 0 saturated carbocycles. The minimum atomic E-state index is -0.897. The molecule has 1 aliphatic heterocycles. The van der Waals surface area contributed by atoms with E-state index in [2.05, 4.69) is 5.32 Å². The molecule has 3 aromatic rings. The largest absolute Gasteiger partial charge is 0.457 e. The first-order chi connectivity index (χ1) is 16.2. The molecule has 10 nitrogen and oxygen atoms in total. The second-order valence-corrected chi connectivity index (χ2v) is 7.98. The number of carbonyl (C=O) groups is 1. The Hall–Kier alpha value is -4.47. The van der Waals surface area contributed by atoms with Crippen LogP contribution in [0.15, 0.2) is 75.5 Å². The first-order valence-corrected chi connectivity index (χ1v) is 10.4. The number of benzene rings is 2. The van der Waals surface area contributed by atoms with E-state index >= 15 is 0 Å². The maximum absolute atomic E-state index is 13.3. The van der Waals surface area contributed by atoms with E-state index in [4.69, 9.17) is 4.74 Å². The van der Waals surface area contributed by atoms with E-state index in [1.54, 1.807) is 6.92 Å². The zero-order valence-corrected chi connectivity index (χ0v) is 18.8. The number of nitro groups is 1. The fraction of sp³-hybridized carbons (Fsp3) is 0.208. The number of esters is 1. The molecule has 0 fully saturated rings. The van der Waals surface area contributed by atoms with Crippen LogP contribution in [-0.2, 0) is 30.2 Å². The topological polar surface area (TPSA) is 125 Å². The number of ether oxygens (including phenoxy) is 1. The van der Waals surface area contributed by atoms with Gasteiger partial charge in [0.25, 0.3) is 11.2 Å². The van der Waals surface area contributed by atoms with Crippen LogP contribution in [0.1, 0.15) is 29.5 Å². The first-order valence-electron chi connectivity index (χ1n) is 10.4. The average Bonchev–Trinajstić information content (AvgIpc) is 2.84. The Morgan fingerprint density at radius 2 is 1.71 bits per heavy atom. The summed E-state index contributed by atoms with van der Waals surface area (Å²) in [5, 5.41) is 14.1. The highest BCUT2D eigenvalue weighted by molar-refractivity contribution is 5.94. The van der Waals surface area contributed by atoms with Gasteiger partial charge in [-0.25, -0.2) is 9.59 Å². The number of carbonyl (C=O) groups excluding carboxylic acids is 1. The van der Waals surface area contributed by atoms with Gasteiger partial charge in [0.15, 0.2) is 0 Å². The van der Waals surface area contributed by atoms with Crippen LogP contribution in [0.2, 0.25) is 0 Å². The predicted octanol–water partition coefficient (Wildman–Crippen LogP) is 2.57. The number of anilines is 1. The molecule has 174 valence electrons. The summed E-state index contributed by atoms with van der Waals surface area (Å²) in [5.41, 5.74) is 0.830. The molecule has 4 rings (SSSR count). The number of allylic oxidation sites excluding steroid dienone is 1. The Labute approximate surface area is 193 Å². The zero-order chi connectivity index (χ0) is 24.6. The lowest BCUT2D eigenvalue weighted by molar-refractivity contribution is -0.384. The molecule has 1 atom stereocenters. The van der Waals surface area contributed by atoms with E-state index in [9.17, 15) is 24.5 Å². The highest BCUT2D eigenvalue weighted by Crippen LogP contribution is 2.40. The number of aromatic nitrogens is 2. The number of rotatable bonds is 5. The summed E-state index contributed by atoms with van der Waals surface area (Å²) in [7, 11) is 2.88. The monoisotopic (exact) mass is 462 g/mol. The summed E-state index contributed by atoms with van der Waals surface area (Å²) in [6, 6.07) is 14.8. The van der Waals surface area contributed by atoms with Gasteiger partial charge in [0.1, 0.15) is 12.4 Å². The van der Waals surface area contributed by atoms with Crippen LogP contribution >= 0.6 is 0 Å². The molecule has 0 spiro atoms. The predicted molar refractivity (Wildman–Crippen MR) is 124 cm³/mol. The molecular formula is C24H22N4O6. The van der Waals surface area contributed by atoms with Gasteiger partial charge >= 0.3 is 11.7 Å². The molecule has 0 bridgehead atoms. The van der Waals surface area contributed by atoms with Crippen LogP contribution in [0.4, 0.5) is 11.5 Å². The van der Waals surface area contributed by atoms with Crippen molar-refractivity contribution in [3.05, 3.63) is 114 Å². The van der Waals surface area contributed by atoms with Crippen molar-refractivity contribution >= 4 is 17.5 Å². The summed E-state index contributed by atoms with van der Waals surface area (Å²) >= 11 is 0. The van der Waals surface area contributed by atoms with Crippen LogP contribution in [0, 0.1) is 10.1 Å². The maximum Gasteiger partial charge on any atom is 0.337 e. The van der Waals surface area contributed by atoms with Crippen LogP contribution in [0.25, 0.3) is 0 Å². The molecule has 10 heteroatoms. The summed E-state index contributed by atoms with van der Waals surface area (Å²) in [5.74, 6) is -1.28. The van der Waals surface area contributed by atoms with Crippen molar-refractivity contribution in [3.63, 3.8) is 0 Å². The van der Waals surface area contributed by atoms with Gasteiger partial charge in [-0.1, -0.05) is 42.5 Å². The molecule has 0 saturated heterocycles. The van der Waals surface area contributed by atoms with Crippen LogP contribution < -0.4 is 16.6 Å². The number of fused-ring (bicyclic) bond motifs is 1. The number of hydrogen-bond acceptors (Lipinski definition) is 7. The Morgan fingerprint density at radius 1 is 1.06 bits per heavy atom. The molecular weight excluding hydrogens is 440 g/mol. The molecule has 1 aromatic heterocycles. The van der Waals surface area contributed by atoms with Crippen LogP contribution in [0.3, 0.4) is 0 Å². The van der Waals surface area contributed by atoms with Crippen molar-refractivity contribution in [2.24, 2.45) is 14.1 Å². The van der Waals surface area contributed by atoms with E-state index in [-0.39, 0.29) is 29.2 Å². The number of nitro benzene ring substituents is 1. The summed E-state index contributed by atoms with van der Waals surface area (Å²) in [4.78, 5) is 49.6. The Bertz CT molecular complexity index is 1440. The van der Waals surface area contributed by atoms with Gasteiger partial charge in [0.2, 0.25) is 0 Å². The second-order valence-electron chi connectivity index (χ2n) is 7.98. The second kappa shape index (κ2) is 8.81. The zero-order valence-electron chi connectivity index (χ0n) is 18.8. The van der Waals surface area contributed by atoms with Crippen molar-refractivity contribution in [2.45, 2.75) is 19.4 Å². The number of hydrogen-bond donors (Lipinski definition) is 1. The molecule has 2 heterocycles. The third kappa shape index (κ3) is 3.90. The Balaban J connectivity index is 1.86. The van der Waals surface area contributed by atoms with Gasteiger partial charge in [-0.2, -0.15) is 0 Å². The van der Waals surface area contributed by atoms with Crippen molar-refractivity contribution in [3.8, 4) is 0 Å². The quantitative estimate of drug-likeness (QED) is 0.351. The van der Waals surface area contributed by atoms with Crippen molar-refractivity contribution in [1.82, 2.24) is 9.13 Å². The Kier molecular flexibility index (Phi) is 5.89. The Morgan fingerprint density at radius 3 is 2.32 bits per heavy atom. The van der Waals surface area contributed by atoms with Gasteiger partial charge in [0.05, 0.1) is 22.0 Å². The van der Waals surface area contributed by atoms with E-state index in [1.165, 1.54) is 42.9 Å². The molecule has 1 unspecified atom stereocenters. The molecule has 34 heavy (non-hydrogen) atoms. The van der Waals surface area contributed by atoms with Crippen molar-refractivity contribution in [1.29, 1.82) is 0 Å². The van der Waals surface area contributed by atoms with E-state index in [1.807, 2.05) is 30.3 Å². The third-order valence-electron chi connectivity index (χ3n) is 5.86. The lowest BCUT2D eigenvalue weighted by Gasteiger charge is -2.30. The van der Waals surface area contributed by atoms with Gasteiger partial charge in [-0.05, 0) is 18.1 Å². The van der Waals surface area contributed by atoms with Gasteiger partial charge in [0, 0.05) is 31.9 Å². The van der Waals surface area contributed by atoms with Crippen molar-refractivity contribution in [2.75, 3.05) is 5.32 Å². The average molecular weight is 462 g/mol. The lowest BCUT2D eigenvalue weighted by Crippen LogP contribution is -2.43. The molecule has 0 aliphatic carbocycles. The van der Waals surface area contributed by atoms with Gasteiger partial charge < -0.3 is 10.1 Å². The van der Waals surface area contributed by atoms with E-state index in [0.29, 0.717) is 11.3 Å². The summed E-state index contributed by atoms with van der Waals surface area (Å²) in [6.07, 6.45) is 0. The molecule has 1 aliphatic rings. The lowest BCUT2D eigenvalue weighted by atomic mass is 9.82. The summed E-state index contributed by atoms with van der Waals surface area (Å²) in [6.45, 7) is 1.68. The number of non-ortho nitro benzene ring substituents is 1. The smallest absolute Gasteiger partial charge is 0.337 e. The molecule has 0 amide bonds. The van der Waals surface area contributed by atoms with Crippen molar-refractivity contribution < 1.29 is 14.5 Å². The van der Waals surface area contributed by atoms with Gasteiger partial charge in [-0.15, -0.1) is 0 Å². The highest BCUT2D eigenvalue weighted by Gasteiger charge is 2.37. The third-order valence-corrected chi connectivity index (χ3v) is 5.86. The fourth-order valence-electron chi connectivity index (χ4n) is 4.08. The molecule has 0 radical (unpaired) electrons. The number of nitrogens with one attached hydrogen (secondary N) is 1. The highest BCUT2D eigenvalue weighted by atomic mass is 16.6. The first kappa shape index (κ1) is 22.7. The standard InChI is InChI=1S/C24H22N4O6/c1-14-18(23(30)34-13-15-7-5-4-6-8-15)19(16-9-11-17(12-10-16)28(32)33)20-21(25-14)26(2)24(31)27(3)22(20)29/h4-12,19,25H,13H2,1-3H3.